The fourth-order valence-corrected chi connectivity index (χ4v) is 4.43. The van der Waals surface area contributed by atoms with Gasteiger partial charge < -0.3 is 10.2 Å². The van der Waals surface area contributed by atoms with Crippen LogP contribution in [0.5, 0.6) is 0 Å². The number of hydrogen-bond acceptors (Lipinski definition) is 5. The van der Waals surface area contributed by atoms with Crippen LogP contribution in [0.25, 0.3) is 0 Å². The van der Waals surface area contributed by atoms with Gasteiger partial charge in [-0.15, -0.1) is 0 Å². The maximum atomic E-state index is 13.7. The summed E-state index contributed by atoms with van der Waals surface area (Å²) in [6, 6.07) is 16.6. The van der Waals surface area contributed by atoms with Gasteiger partial charge >= 0.3 is 0 Å². The number of anilines is 1. The number of aromatic nitrogens is 2. The molecule has 1 aliphatic heterocycles. The minimum atomic E-state index is -0.293. The summed E-state index contributed by atoms with van der Waals surface area (Å²) in [7, 11) is 0. The molecule has 5 nitrogen and oxygen atoms in total. The van der Waals surface area contributed by atoms with E-state index >= 15 is 0 Å². The number of amides is 1. The molecule has 0 aliphatic carbocycles. The number of nitrogens with one attached hydrogen (secondary N) is 1. The highest BCUT2D eigenvalue weighted by atomic mass is 32.2. The molecule has 3 aromatic rings. The first kappa shape index (κ1) is 20.3. The highest BCUT2D eigenvalue weighted by molar-refractivity contribution is 7.99. The van der Waals surface area contributed by atoms with Crippen molar-refractivity contribution in [1.82, 2.24) is 15.3 Å². The molecule has 0 unspecified atom stereocenters. The topological polar surface area (TPSA) is 58.1 Å². The summed E-state index contributed by atoms with van der Waals surface area (Å²) in [5, 5.41) is 3.75. The first-order chi connectivity index (χ1) is 14.7. The van der Waals surface area contributed by atoms with Crippen molar-refractivity contribution in [1.29, 1.82) is 0 Å². The summed E-state index contributed by atoms with van der Waals surface area (Å²) >= 11 is 1.59. The van der Waals surface area contributed by atoms with E-state index in [1.165, 1.54) is 6.07 Å². The van der Waals surface area contributed by atoms with E-state index in [-0.39, 0.29) is 24.2 Å². The van der Waals surface area contributed by atoms with Crippen LogP contribution in [-0.4, -0.2) is 29.0 Å². The van der Waals surface area contributed by atoms with Gasteiger partial charge in [-0.25, -0.2) is 14.4 Å². The molecule has 1 fully saturated rings. The summed E-state index contributed by atoms with van der Waals surface area (Å²) in [6.45, 7) is 1.69. The fraction of sp³-hybridized carbons (Fsp3) is 0.261. The van der Waals surface area contributed by atoms with E-state index < -0.39 is 0 Å². The van der Waals surface area contributed by atoms with Crippen LogP contribution in [0.15, 0.2) is 76.9 Å². The molecule has 1 amide bonds. The van der Waals surface area contributed by atoms with Gasteiger partial charge in [0, 0.05) is 48.4 Å². The quantitative estimate of drug-likeness (QED) is 0.642. The first-order valence-electron chi connectivity index (χ1n) is 10.0. The minimum absolute atomic E-state index is 0.0177. The molecule has 1 saturated heterocycles. The third-order valence-corrected chi connectivity index (χ3v) is 6.17. The Bertz CT molecular complexity index is 993. The molecule has 154 valence electrons. The van der Waals surface area contributed by atoms with Gasteiger partial charge in [-0.2, -0.15) is 0 Å². The number of piperidine rings is 1. The third kappa shape index (κ3) is 4.97. The van der Waals surface area contributed by atoms with Crippen molar-refractivity contribution in [2.75, 3.05) is 18.0 Å². The number of benzene rings is 2. The van der Waals surface area contributed by atoms with Crippen molar-refractivity contribution in [3.05, 3.63) is 78.4 Å². The lowest BCUT2D eigenvalue weighted by molar-refractivity contribution is -0.125. The summed E-state index contributed by atoms with van der Waals surface area (Å²) in [6.07, 6.45) is 4.87. The van der Waals surface area contributed by atoms with E-state index in [4.69, 9.17) is 0 Å². The number of halogens is 1. The average Bonchev–Trinajstić information content (AvgIpc) is 2.79. The van der Waals surface area contributed by atoms with E-state index in [1.54, 1.807) is 42.4 Å². The Morgan fingerprint density at radius 3 is 2.50 bits per heavy atom. The summed E-state index contributed by atoms with van der Waals surface area (Å²) < 4.78 is 13.7. The van der Waals surface area contributed by atoms with Crippen molar-refractivity contribution in [3.63, 3.8) is 0 Å². The Hall–Kier alpha value is -2.93. The summed E-state index contributed by atoms with van der Waals surface area (Å²) in [5.41, 5.74) is 0.505. The smallest absolute Gasteiger partial charge is 0.223 e. The van der Waals surface area contributed by atoms with E-state index in [2.05, 4.69) is 32.3 Å². The Balaban J connectivity index is 1.34. The molecule has 2 aromatic carbocycles. The van der Waals surface area contributed by atoms with Gasteiger partial charge in [-0.05, 0) is 31.0 Å². The van der Waals surface area contributed by atoms with Gasteiger partial charge in [-0.1, -0.05) is 48.2 Å². The van der Waals surface area contributed by atoms with Crippen LogP contribution in [0.2, 0.25) is 0 Å². The molecule has 0 bridgehead atoms. The molecule has 0 saturated carbocycles. The van der Waals surface area contributed by atoms with Gasteiger partial charge in [-0.3, -0.25) is 4.79 Å². The molecule has 0 spiro atoms. The molecule has 4 rings (SSSR count). The Morgan fingerprint density at radius 2 is 1.73 bits per heavy atom. The van der Waals surface area contributed by atoms with E-state index in [9.17, 15) is 9.18 Å². The standard InChI is InChI=1S/C23H23FN4OS/c24-20-9-5-4-6-18(20)16-27-22(29)17-10-14-28(15-11-17)21-23(26-13-12-25-21)30-19-7-2-1-3-8-19/h1-9,12-13,17H,10-11,14-16H2,(H,27,29). The molecule has 1 aliphatic rings. The molecule has 0 atom stereocenters. The first-order valence-corrected chi connectivity index (χ1v) is 10.8. The monoisotopic (exact) mass is 422 g/mol. The van der Waals surface area contributed by atoms with Crippen LogP contribution in [0.1, 0.15) is 18.4 Å². The van der Waals surface area contributed by atoms with Crippen LogP contribution in [-0.2, 0) is 11.3 Å². The van der Waals surface area contributed by atoms with Crippen molar-refractivity contribution in [3.8, 4) is 0 Å². The van der Waals surface area contributed by atoms with Crippen molar-refractivity contribution >= 4 is 23.5 Å². The largest absolute Gasteiger partial charge is 0.354 e. The predicted octanol–water partition coefficient (Wildman–Crippen LogP) is 4.30. The Morgan fingerprint density at radius 1 is 1.03 bits per heavy atom. The molecular formula is C23H23FN4OS. The van der Waals surface area contributed by atoms with Crippen LogP contribution in [0, 0.1) is 11.7 Å². The van der Waals surface area contributed by atoms with Gasteiger partial charge in [0.15, 0.2) is 5.82 Å². The number of rotatable bonds is 6. The molecule has 7 heteroatoms. The predicted molar refractivity (Wildman–Crippen MR) is 116 cm³/mol. The minimum Gasteiger partial charge on any atom is -0.354 e. The van der Waals surface area contributed by atoms with E-state index in [0.717, 1.165) is 41.7 Å². The SMILES string of the molecule is O=C(NCc1ccccc1F)C1CCN(c2nccnc2Sc2ccccc2)CC1. The lowest BCUT2D eigenvalue weighted by Crippen LogP contribution is -2.41. The number of carbonyl (C=O) groups excluding carboxylic acids is 1. The number of carbonyl (C=O) groups is 1. The van der Waals surface area contributed by atoms with Crippen LogP contribution in [0.4, 0.5) is 10.2 Å². The second-order valence-electron chi connectivity index (χ2n) is 7.17. The van der Waals surface area contributed by atoms with Crippen molar-refractivity contribution in [2.45, 2.75) is 29.3 Å². The molecular weight excluding hydrogens is 399 g/mol. The highest BCUT2D eigenvalue weighted by Crippen LogP contribution is 2.33. The average molecular weight is 423 g/mol. The Kier molecular flexibility index (Phi) is 6.59. The zero-order valence-corrected chi connectivity index (χ0v) is 17.3. The molecule has 0 radical (unpaired) electrons. The second-order valence-corrected chi connectivity index (χ2v) is 8.23. The zero-order chi connectivity index (χ0) is 20.8. The highest BCUT2D eigenvalue weighted by Gasteiger charge is 2.27. The van der Waals surface area contributed by atoms with Crippen LogP contribution >= 0.6 is 11.8 Å². The molecule has 30 heavy (non-hydrogen) atoms. The summed E-state index contributed by atoms with van der Waals surface area (Å²) in [5.74, 6) is 0.473. The second kappa shape index (κ2) is 9.71. The number of hydrogen-bond donors (Lipinski definition) is 1. The fourth-order valence-electron chi connectivity index (χ4n) is 3.53. The summed E-state index contributed by atoms with van der Waals surface area (Å²) in [4.78, 5) is 24.9. The number of nitrogens with zero attached hydrogens (tertiary/aromatic N) is 3. The molecule has 2 heterocycles. The normalized spacial score (nSPS) is 14.5. The van der Waals surface area contributed by atoms with Crippen molar-refractivity contribution < 1.29 is 9.18 Å². The van der Waals surface area contributed by atoms with Crippen LogP contribution < -0.4 is 10.2 Å². The zero-order valence-electron chi connectivity index (χ0n) is 16.5. The van der Waals surface area contributed by atoms with Crippen molar-refractivity contribution in [2.24, 2.45) is 5.92 Å². The lowest BCUT2D eigenvalue weighted by atomic mass is 9.96. The van der Waals surface area contributed by atoms with E-state index in [1.807, 2.05) is 18.2 Å². The van der Waals surface area contributed by atoms with Gasteiger partial charge in [0.05, 0.1) is 0 Å². The molecule has 1 N–H and O–H groups in total. The maximum absolute atomic E-state index is 13.7. The lowest BCUT2D eigenvalue weighted by Gasteiger charge is -2.32. The molecule has 1 aromatic heterocycles. The van der Waals surface area contributed by atoms with Gasteiger partial charge in [0.25, 0.3) is 0 Å². The van der Waals surface area contributed by atoms with Gasteiger partial charge in [0.2, 0.25) is 5.91 Å². The maximum Gasteiger partial charge on any atom is 0.223 e. The van der Waals surface area contributed by atoms with Crippen LogP contribution in [0.3, 0.4) is 0 Å². The Labute approximate surface area is 179 Å². The van der Waals surface area contributed by atoms with E-state index in [0.29, 0.717) is 5.56 Å². The van der Waals surface area contributed by atoms with Gasteiger partial charge in [0.1, 0.15) is 10.8 Å². The third-order valence-electron chi connectivity index (χ3n) is 5.18.